The molecule has 1 aromatic carbocycles. The van der Waals surface area contributed by atoms with Crippen molar-refractivity contribution < 1.29 is 9.53 Å². The van der Waals surface area contributed by atoms with E-state index in [-0.39, 0.29) is 12.2 Å². The quantitative estimate of drug-likeness (QED) is 0.502. The Bertz CT molecular complexity index is 478. The summed E-state index contributed by atoms with van der Waals surface area (Å²) < 4.78 is 4.84. The van der Waals surface area contributed by atoms with Crippen LogP contribution >= 0.6 is 11.8 Å². The van der Waals surface area contributed by atoms with Gasteiger partial charge in [0.2, 0.25) is 0 Å². The minimum absolute atomic E-state index is 0.00629. The third-order valence-electron chi connectivity index (χ3n) is 2.05. The second kappa shape index (κ2) is 7.41. The molecular weight excluding hydrogens is 248 g/mol. The number of ether oxygens (including phenoxy) is 1. The van der Waals surface area contributed by atoms with Crippen LogP contribution in [-0.2, 0) is 9.53 Å². The Balaban J connectivity index is 2.98. The number of hydrogen-bond donors (Lipinski definition) is 1. The van der Waals surface area contributed by atoms with Gasteiger partial charge in [0.05, 0.1) is 11.6 Å². The van der Waals surface area contributed by atoms with Crippen LogP contribution in [0.1, 0.15) is 6.92 Å². The summed E-state index contributed by atoms with van der Waals surface area (Å²) in [6.45, 7) is 1.95. The van der Waals surface area contributed by atoms with E-state index >= 15 is 0 Å². The van der Waals surface area contributed by atoms with E-state index in [0.29, 0.717) is 5.03 Å². The second-order valence-corrected chi connectivity index (χ2v) is 4.05. The number of nitrogens with zero attached hydrogens (tertiary/aromatic N) is 1. The van der Waals surface area contributed by atoms with Crippen molar-refractivity contribution >= 4 is 23.4 Å². The number of para-hydroxylation sites is 1. The molecule has 0 aliphatic rings. The number of esters is 1. The van der Waals surface area contributed by atoms with E-state index in [1.807, 2.05) is 36.4 Å². The summed E-state index contributed by atoms with van der Waals surface area (Å²) in [5.41, 5.74) is 0.812. The highest BCUT2D eigenvalue weighted by molar-refractivity contribution is 8.02. The van der Waals surface area contributed by atoms with Crippen molar-refractivity contribution in [2.75, 3.05) is 18.2 Å². The van der Waals surface area contributed by atoms with Crippen LogP contribution in [0.5, 0.6) is 0 Å². The van der Waals surface area contributed by atoms with Gasteiger partial charge in [-0.05, 0) is 25.3 Å². The molecule has 0 fully saturated rings. The number of hydrogen-bond acceptors (Lipinski definition) is 5. The molecule has 1 aromatic rings. The Morgan fingerprint density at radius 3 is 2.61 bits per heavy atom. The molecule has 0 aliphatic carbocycles. The Labute approximate surface area is 111 Å². The van der Waals surface area contributed by atoms with Gasteiger partial charge in [0.1, 0.15) is 6.07 Å². The minimum Gasteiger partial charge on any atom is -0.462 e. The molecule has 0 bridgehead atoms. The summed E-state index contributed by atoms with van der Waals surface area (Å²) in [5, 5.41) is 12.6. The zero-order valence-corrected chi connectivity index (χ0v) is 11.1. The van der Waals surface area contributed by atoms with E-state index in [1.54, 1.807) is 13.2 Å². The number of rotatable bonds is 5. The smallest absolute Gasteiger partial charge is 0.351 e. The number of nitrogens with one attached hydrogen (secondary N) is 1. The lowest BCUT2D eigenvalue weighted by molar-refractivity contribution is -0.138. The average Bonchev–Trinajstić information content (AvgIpc) is 2.40. The van der Waals surface area contributed by atoms with Crippen LogP contribution in [0.4, 0.5) is 5.69 Å². The Morgan fingerprint density at radius 1 is 1.44 bits per heavy atom. The maximum absolute atomic E-state index is 11.6. The Kier molecular flexibility index (Phi) is 5.81. The van der Waals surface area contributed by atoms with Crippen molar-refractivity contribution in [1.29, 1.82) is 5.26 Å². The summed E-state index contributed by atoms with van der Waals surface area (Å²) in [6.07, 6.45) is 1.79. The molecule has 0 aromatic heterocycles. The van der Waals surface area contributed by atoms with Crippen LogP contribution in [0.3, 0.4) is 0 Å². The first kappa shape index (κ1) is 14.1. The molecule has 0 spiro atoms. The zero-order chi connectivity index (χ0) is 13.4. The molecule has 0 radical (unpaired) electrons. The van der Waals surface area contributed by atoms with Crippen molar-refractivity contribution in [3.63, 3.8) is 0 Å². The molecule has 0 aliphatic heterocycles. The largest absolute Gasteiger partial charge is 0.462 e. The SMILES string of the molecule is CCOC(=O)/C(C#N)=C(/Nc1ccccc1)SC. The molecule has 0 unspecified atom stereocenters. The first-order chi connectivity index (χ1) is 8.72. The number of carbonyl (C=O) groups excluding carboxylic acids is 1. The van der Waals surface area contributed by atoms with Crippen LogP contribution in [0.2, 0.25) is 0 Å². The van der Waals surface area contributed by atoms with Gasteiger partial charge in [-0.1, -0.05) is 18.2 Å². The highest BCUT2D eigenvalue weighted by Gasteiger charge is 2.16. The molecule has 94 valence electrons. The summed E-state index contributed by atoms with van der Waals surface area (Å²) in [7, 11) is 0. The summed E-state index contributed by atoms with van der Waals surface area (Å²) in [6, 6.07) is 11.2. The van der Waals surface area contributed by atoms with Gasteiger partial charge in [-0.25, -0.2) is 4.79 Å². The standard InChI is InChI=1S/C13H14N2O2S/c1-3-17-13(16)11(9-14)12(18-2)15-10-7-5-4-6-8-10/h4-8,15H,3H2,1-2H3/b12-11-. The molecule has 0 atom stereocenters. The predicted molar refractivity (Wildman–Crippen MR) is 72.9 cm³/mol. The molecule has 5 heteroatoms. The number of anilines is 1. The fourth-order valence-corrected chi connectivity index (χ4v) is 1.81. The lowest BCUT2D eigenvalue weighted by Gasteiger charge is -2.10. The van der Waals surface area contributed by atoms with E-state index in [9.17, 15) is 4.79 Å². The zero-order valence-electron chi connectivity index (χ0n) is 10.3. The van der Waals surface area contributed by atoms with Crippen molar-refractivity contribution in [1.82, 2.24) is 0 Å². The topological polar surface area (TPSA) is 62.1 Å². The molecule has 1 rings (SSSR count). The van der Waals surface area contributed by atoms with Gasteiger partial charge >= 0.3 is 5.97 Å². The maximum atomic E-state index is 11.6. The van der Waals surface area contributed by atoms with Crippen LogP contribution in [0.25, 0.3) is 0 Å². The lowest BCUT2D eigenvalue weighted by Crippen LogP contribution is -2.11. The van der Waals surface area contributed by atoms with Crippen LogP contribution in [0.15, 0.2) is 40.9 Å². The molecule has 0 amide bonds. The summed E-state index contributed by atoms with van der Waals surface area (Å²) >= 11 is 1.30. The molecule has 4 nitrogen and oxygen atoms in total. The molecule has 1 N–H and O–H groups in total. The maximum Gasteiger partial charge on any atom is 0.351 e. The number of carbonyl (C=O) groups is 1. The van der Waals surface area contributed by atoms with Gasteiger partial charge in [0, 0.05) is 5.69 Å². The minimum atomic E-state index is -0.604. The molecule has 0 heterocycles. The summed E-state index contributed by atoms with van der Waals surface area (Å²) in [5.74, 6) is -0.604. The first-order valence-electron chi connectivity index (χ1n) is 5.40. The predicted octanol–water partition coefficient (Wildman–Crippen LogP) is 2.76. The highest BCUT2D eigenvalue weighted by Crippen LogP contribution is 2.21. The summed E-state index contributed by atoms with van der Waals surface area (Å²) in [4.78, 5) is 11.6. The van der Waals surface area contributed by atoms with E-state index in [2.05, 4.69) is 5.32 Å². The third kappa shape index (κ3) is 3.82. The van der Waals surface area contributed by atoms with E-state index in [0.717, 1.165) is 5.69 Å². The van der Waals surface area contributed by atoms with Gasteiger partial charge in [-0.2, -0.15) is 5.26 Å². The Morgan fingerprint density at radius 2 is 2.11 bits per heavy atom. The number of nitriles is 1. The van der Waals surface area contributed by atoms with Crippen molar-refractivity contribution in [3.05, 3.63) is 40.9 Å². The molecule has 18 heavy (non-hydrogen) atoms. The number of benzene rings is 1. The highest BCUT2D eigenvalue weighted by atomic mass is 32.2. The fraction of sp³-hybridized carbons (Fsp3) is 0.231. The fourth-order valence-electron chi connectivity index (χ4n) is 1.26. The average molecular weight is 262 g/mol. The van der Waals surface area contributed by atoms with Crippen molar-refractivity contribution in [3.8, 4) is 6.07 Å². The van der Waals surface area contributed by atoms with E-state index in [4.69, 9.17) is 10.00 Å². The van der Waals surface area contributed by atoms with Crippen molar-refractivity contribution in [2.24, 2.45) is 0 Å². The van der Waals surface area contributed by atoms with Crippen molar-refractivity contribution in [2.45, 2.75) is 6.92 Å². The van der Waals surface area contributed by atoms with Gasteiger partial charge in [0.25, 0.3) is 0 Å². The van der Waals surface area contributed by atoms with Gasteiger partial charge < -0.3 is 10.1 Å². The van der Waals surface area contributed by atoms with E-state index in [1.165, 1.54) is 11.8 Å². The monoisotopic (exact) mass is 262 g/mol. The van der Waals surface area contributed by atoms with Gasteiger partial charge in [0.15, 0.2) is 5.57 Å². The molecule has 0 saturated carbocycles. The normalized spacial score (nSPS) is 11.2. The molecule has 0 saturated heterocycles. The Hall–Kier alpha value is -1.93. The first-order valence-corrected chi connectivity index (χ1v) is 6.63. The second-order valence-electron chi connectivity index (χ2n) is 3.23. The molecular formula is C13H14N2O2S. The third-order valence-corrected chi connectivity index (χ3v) is 2.77. The number of thioether (sulfide) groups is 1. The van der Waals surface area contributed by atoms with E-state index < -0.39 is 5.97 Å². The van der Waals surface area contributed by atoms with Gasteiger partial charge in [-0.15, -0.1) is 11.8 Å². The van der Waals surface area contributed by atoms with Gasteiger partial charge in [-0.3, -0.25) is 0 Å². The van der Waals surface area contributed by atoms with Crippen LogP contribution in [0, 0.1) is 11.3 Å². The van der Waals surface area contributed by atoms with Crippen LogP contribution in [-0.4, -0.2) is 18.8 Å². The van der Waals surface area contributed by atoms with Crippen LogP contribution < -0.4 is 5.32 Å². The lowest BCUT2D eigenvalue weighted by atomic mass is 10.3.